The number of benzene rings is 2. The molecule has 0 radical (unpaired) electrons. The Morgan fingerprint density at radius 2 is 1.66 bits per heavy atom. The van der Waals surface area contributed by atoms with Crippen LogP contribution in [0.5, 0.6) is 0 Å². The molecule has 1 amide bonds. The molecule has 1 saturated carbocycles. The van der Waals surface area contributed by atoms with E-state index in [-0.39, 0.29) is 18.5 Å². The molecular weight excluding hydrogens is 409 g/mol. The normalized spacial score (nSPS) is 26.5. The first-order valence-electron chi connectivity index (χ1n) is 9.58. The van der Waals surface area contributed by atoms with E-state index in [1.807, 2.05) is 36.4 Å². The number of carbonyl (C=O) groups is 2. The highest BCUT2D eigenvalue weighted by Gasteiger charge is 2.77. The Hall–Kier alpha value is -2.30. The molecule has 29 heavy (non-hydrogen) atoms. The van der Waals surface area contributed by atoms with Crippen molar-refractivity contribution in [1.82, 2.24) is 4.90 Å². The third-order valence-corrected chi connectivity index (χ3v) is 6.57. The Labute approximate surface area is 180 Å². The average molecular weight is 430 g/mol. The Kier molecular flexibility index (Phi) is 5.18. The zero-order chi connectivity index (χ0) is 20.6. The summed E-state index contributed by atoms with van der Waals surface area (Å²) in [6.45, 7) is 2.02. The van der Waals surface area contributed by atoms with Gasteiger partial charge in [-0.15, -0.1) is 0 Å². The van der Waals surface area contributed by atoms with Gasteiger partial charge in [0.05, 0.1) is 18.1 Å². The maximum atomic E-state index is 13.1. The zero-order valence-corrected chi connectivity index (χ0v) is 17.4. The molecule has 0 bridgehead atoms. The van der Waals surface area contributed by atoms with E-state index < -0.39 is 21.7 Å². The molecule has 1 fully saturated rings. The summed E-state index contributed by atoms with van der Waals surface area (Å²) in [5, 5.41) is 0. The van der Waals surface area contributed by atoms with Crippen LogP contribution in [0, 0.1) is 11.3 Å². The summed E-state index contributed by atoms with van der Waals surface area (Å²) >= 11 is 13.3. The maximum absolute atomic E-state index is 13.1. The average Bonchev–Trinajstić information content (AvgIpc) is 3.32. The van der Waals surface area contributed by atoms with Crippen molar-refractivity contribution < 1.29 is 14.3 Å². The second-order valence-electron chi connectivity index (χ2n) is 7.41. The highest BCUT2D eigenvalue weighted by atomic mass is 35.5. The lowest BCUT2D eigenvalue weighted by atomic mass is 9.75. The number of esters is 1. The molecule has 2 aromatic rings. The van der Waals surface area contributed by atoms with E-state index in [4.69, 9.17) is 27.9 Å². The molecule has 3 atom stereocenters. The van der Waals surface area contributed by atoms with Gasteiger partial charge >= 0.3 is 5.97 Å². The minimum Gasteiger partial charge on any atom is -0.465 e. The van der Waals surface area contributed by atoms with Gasteiger partial charge in [0.1, 0.15) is 4.33 Å². The number of halogens is 2. The molecule has 2 aliphatic rings. The van der Waals surface area contributed by atoms with Gasteiger partial charge in [0.15, 0.2) is 0 Å². The van der Waals surface area contributed by atoms with Crippen LogP contribution in [-0.4, -0.2) is 33.8 Å². The van der Waals surface area contributed by atoms with Crippen molar-refractivity contribution in [3.63, 3.8) is 0 Å². The molecule has 150 valence electrons. The largest absolute Gasteiger partial charge is 0.465 e. The number of alkyl halides is 2. The monoisotopic (exact) mass is 429 g/mol. The first-order valence-corrected chi connectivity index (χ1v) is 10.3. The van der Waals surface area contributed by atoms with Crippen LogP contribution in [0.25, 0.3) is 0 Å². The van der Waals surface area contributed by atoms with Crippen LogP contribution in [0.2, 0.25) is 0 Å². The first-order chi connectivity index (χ1) is 13.9. The van der Waals surface area contributed by atoms with Crippen molar-refractivity contribution in [1.29, 1.82) is 0 Å². The Morgan fingerprint density at radius 1 is 1.03 bits per heavy atom. The van der Waals surface area contributed by atoms with Gasteiger partial charge in [-0.2, -0.15) is 0 Å². The summed E-state index contributed by atoms with van der Waals surface area (Å²) in [4.78, 5) is 27.7. The molecule has 3 unspecified atom stereocenters. The zero-order valence-electron chi connectivity index (χ0n) is 15.9. The van der Waals surface area contributed by atoms with E-state index in [9.17, 15) is 9.59 Å². The molecule has 0 aromatic heterocycles. The number of nitrogens with zero attached hydrogens (tertiary/aromatic N) is 1. The number of carbonyl (C=O) groups excluding carboxylic acids is 2. The molecule has 2 aromatic carbocycles. The van der Waals surface area contributed by atoms with Gasteiger partial charge in [0, 0.05) is 17.7 Å². The molecule has 1 aliphatic carbocycles. The molecule has 0 saturated heterocycles. The van der Waals surface area contributed by atoms with E-state index in [0.717, 1.165) is 5.56 Å². The van der Waals surface area contributed by atoms with Gasteiger partial charge < -0.3 is 9.64 Å². The molecule has 1 aliphatic heterocycles. The van der Waals surface area contributed by atoms with Crippen LogP contribution in [0.15, 0.2) is 72.9 Å². The SMILES string of the molecule is CCOC(=O)C1(Cc2ccccc2)C=CN(C(=O)c2ccccc2)C2C1C2(Cl)Cl. The number of ether oxygens (including phenoxy) is 1. The molecule has 1 heterocycles. The fourth-order valence-corrected chi connectivity index (χ4v) is 5.21. The quantitative estimate of drug-likeness (QED) is 0.514. The van der Waals surface area contributed by atoms with Gasteiger partial charge in [-0.1, -0.05) is 77.8 Å². The molecule has 4 nitrogen and oxygen atoms in total. The summed E-state index contributed by atoms with van der Waals surface area (Å²) in [5.41, 5.74) is 0.486. The maximum Gasteiger partial charge on any atom is 0.316 e. The third kappa shape index (κ3) is 3.34. The third-order valence-electron chi connectivity index (χ3n) is 5.65. The van der Waals surface area contributed by atoms with E-state index in [1.54, 1.807) is 48.4 Å². The van der Waals surface area contributed by atoms with Gasteiger partial charge in [0.2, 0.25) is 0 Å². The Balaban J connectivity index is 1.74. The molecule has 0 N–H and O–H groups in total. The molecular formula is C23H21Cl2NO3. The van der Waals surface area contributed by atoms with Crippen LogP contribution < -0.4 is 0 Å². The molecule has 0 spiro atoms. The van der Waals surface area contributed by atoms with Crippen LogP contribution in [0.4, 0.5) is 0 Å². The lowest BCUT2D eigenvalue weighted by molar-refractivity contribution is -0.154. The van der Waals surface area contributed by atoms with E-state index in [2.05, 4.69) is 0 Å². The molecule has 4 rings (SSSR count). The van der Waals surface area contributed by atoms with Crippen LogP contribution in [-0.2, 0) is 16.0 Å². The number of hydrogen-bond donors (Lipinski definition) is 0. The number of rotatable bonds is 5. The van der Waals surface area contributed by atoms with E-state index in [1.165, 1.54) is 0 Å². The van der Waals surface area contributed by atoms with Crippen LogP contribution in [0.3, 0.4) is 0 Å². The summed E-state index contributed by atoms with van der Waals surface area (Å²) in [5.74, 6) is -1.03. The Morgan fingerprint density at radius 3 is 2.28 bits per heavy atom. The highest BCUT2D eigenvalue weighted by molar-refractivity contribution is 6.52. The van der Waals surface area contributed by atoms with E-state index in [0.29, 0.717) is 12.0 Å². The van der Waals surface area contributed by atoms with Gasteiger partial charge in [-0.05, 0) is 31.0 Å². The van der Waals surface area contributed by atoms with Crippen molar-refractivity contribution in [2.45, 2.75) is 23.7 Å². The number of hydrogen-bond acceptors (Lipinski definition) is 3. The van der Waals surface area contributed by atoms with Crippen molar-refractivity contribution in [3.05, 3.63) is 84.1 Å². The summed E-state index contributed by atoms with van der Waals surface area (Å²) in [6, 6.07) is 18.1. The summed E-state index contributed by atoms with van der Waals surface area (Å²) in [6.07, 6.45) is 3.79. The van der Waals surface area contributed by atoms with Crippen LogP contribution >= 0.6 is 23.2 Å². The van der Waals surface area contributed by atoms with Crippen molar-refractivity contribution in [2.24, 2.45) is 11.3 Å². The number of amides is 1. The lowest BCUT2D eigenvalue weighted by Crippen LogP contribution is -2.43. The topological polar surface area (TPSA) is 46.6 Å². The van der Waals surface area contributed by atoms with E-state index >= 15 is 0 Å². The van der Waals surface area contributed by atoms with Crippen molar-refractivity contribution in [2.75, 3.05) is 6.61 Å². The number of fused-ring (bicyclic) bond motifs is 1. The van der Waals surface area contributed by atoms with Crippen molar-refractivity contribution >= 4 is 35.1 Å². The Bertz CT molecular complexity index is 945. The summed E-state index contributed by atoms with van der Waals surface area (Å²) < 4.78 is 4.18. The lowest BCUT2D eigenvalue weighted by Gasteiger charge is -2.34. The second-order valence-corrected chi connectivity index (χ2v) is 8.86. The highest BCUT2D eigenvalue weighted by Crippen LogP contribution is 2.67. The predicted molar refractivity (Wildman–Crippen MR) is 113 cm³/mol. The second kappa shape index (κ2) is 7.51. The van der Waals surface area contributed by atoms with Gasteiger partial charge in [-0.25, -0.2) is 0 Å². The van der Waals surface area contributed by atoms with Crippen molar-refractivity contribution in [3.8, 4) is 0 Å². The minimum atomic E-state index is -1.24. The first kappa shape index (κ1) is 20.0. The standard InChI is InChI=1S/C23H21Cl2NO3/c1-2-29-21(28)22(15-16-9-5-3-6-10-16)13-14-26(19-18(22)23(19,24)25)20(27)17-11-7-4-8-12-17/h3-14,18-19H,2,15H2,1H3. The minimum absolute atomic E-state index is 0.197. The summed E-state index contributed by atoms with van der Waals surface area (Å²) in [7, 11) is 0. The van der Waals surface area contributed by atoms with Gasteiger partial charge in [-0.3, -0.25) is 9.59 Å². The fraction of sp³-hybridized carbons (Fsp3) is 0.304. The molecule has 6 heteroatoms. The van der Waals surface area contributed by atoms with Gasteiger partial charge in [0.25, 0.3) is 5.91 Å². The van der Waals surface area contributed by atoms with Crippen LogP contribution in [0.1, 0.15) is 22.8 Å². The predicted octanol–water partition coefficient (Wildman–Crippen LogP) is 4.62. The fourth-order valence-electron chi connectivity index (χ4n) is 4.25. The smallest absolute Gasteiger partial charge is 0.316 e.